The van der Waals surface area contributed by atoms with Gasteiger partial charge in [0, 0.05) is 24.3 Å². The third-order valence-corrected chi connectivity index (χ3v) is 4.36. The van der Waals surface area contributed by atoms with Gasteiger partial charge in [0.15, 0.2) is 0 Å². The highest BCUT2D eigenvalue weighted by Gasteiger charge is 2.08. The van der Waals surface area contributed by atoms with Crippen molar-refractivity contribution in [1.29, 1.82) is 0 Å². The molecule has 0 radical (unpaired) electrons. The summed E-state index contributed by atoms with van der Waals surface area (Å²) in [4.78, 5) is 12.2. The van der Waals surface area contributed by atoms with Crippen molar-refractivity contribution in [3.8, 4) is 18.1 Å². The number of nitrogens with one attached hydrogen (secondary N) is 3. The van der Waals surface area contributed by atoms with Crippen LogP contribution >= 0.6 is 0 Å². The topological polar surface area (TPSA) is 96.5 Å². The van der Waals surface area contributed by atoms with Gasteiger partial charge in [-0.05, 0) is 42.3 Å². The number of sulfonamides is 1. The van der Waals surface area contributed by atoms with Crippen LogP contribution in [0, 0.1) is 12.3 Å². The molecule has 2 aromatic rings. The summed E-state index contributed by atoms with van der Waals surface area (Å²) in [5.74, 6) is 3.01. The molecule has 0 fully saturated rings. The average Bonchev–Trinajstić information content (AvgIpc) is 2.67. The third-order valence-electron chi connectivity index (χ3n) is 3.76. The van der Waals surface area contributed by atoms with Crippen molar-refractivity contribution in [2.24, 2.45) is 0 Å². The molecule has 2 aromatic carbocycles. The molecular weight excluding hydrogens is 390 g/mol. The van der Waals surface area contributed by atoms with Crippen LogP contribution in [0.5, 0.6) is 5.75 Å². The maximum absolute atomic E-state index is 12.2. The van der Waals surface area contributed by atoms with Gasteiger partial charge < -0.3 is 15.4 Å². The molecule has 0 heterocycles. The van der Waals surface area contributed by atoms with Crippen molar-refractivity contribution in [2.75, 3.05) is 30.7 Å². The molecule has 0 aliphatic rings. The van der Waals surface area contributed by atoms with E-state index in [1.807, 2.05) is 24.3 Å². The second kappa shape index (κ2) is 11.1. The second-order valence-corrected chi connectivity index (χ2v) is 8.12. The molecule has 0 saturated carbocycles. The van der Waals surface area contributed by atoms with Gasteiger partial charge in [0.05, 0.1) is 19.4 Å². The molecule has 1 amide bonds. The summed E-state index contributed by atoms with van der Waals surface area (Å²) in [6.45, 7) is 2.08. The van der Waals surface area contributed by atoms with E-state index >= 15 is 0 Å². The van der Waals surface area contributed by atoms with Crippen LogP contribution in [0.1, 0.15) is 22.3 Å². The molecule has 8 heteroatoms. The van der Waals surface area contributed by atoms with E-state index in [0.717, 1.165) is 17.6 Å². The zero-order valence-electron chi connectivity index (χ0n) is 16.3. The van der Waals surface area contributed by atoms with E-state index in [1.165, 1.54) is 6.07 Å². The van der Waals surface area contributed by atoms with Gasteiger partial charge in [-0.2, -0.15) is 0 Å². The Morgan fingerprint density at radius 2 is 1.97 bits per heavy atom. The van der Waals surface area contributed by atoms with Crippen molar-refractivity contribution in [3.05, 3.63) is 59.7 Å². The largest absolute Gasteiger partial charge is 0.494 e. The molecule has 29 heavy (non-hydrogen) atoms. The van der Waals surface area contributed by atoms with Gasteiger partial charge in [0.1, 0.15) is 5.75 Å². The molecule has 0 saturated heterocycles. The maximum Gasteiger partial charge on any atom is 0.251 e. The van der Waals surface area contributed by atoms with Crippen LogP contribution in [-0.2, 0) is 16.6 Å². The molecule has 154 valence electrons. The number of terminal acetylenes is 1. The van der Waals surface area contributed by atoms with Gasteiger partial charge in [-0.25, -0.2) is 8.42 Å². The monoisotopic (exact) mass is 415 g/mol. The zero-order chi connectivity index (χ0) is 21.1. The van der Waals surface area contributed by atoms with Gasteiger partial charge in [-0.15, -0.1) is 6.42 Å². The molecule has 0 unspecified atom stereocenters. The Morgan fingerprint density at radius 3 is 2.72 bits per heavy atom. The first-order chi connectivity index (χ1) is 13.9. The molecule has 0 spiro atoms. The minimum atomic E-state index is -3.39. The number of carbonyl (C=O) groups excluding carboxylic acids is 1. The quantitative estimate of drug-likeness (QED) is 0.385. The van der Waals surface area contributed by atoms with Crippen LogP contribution in [0.4, 0.5) is 5.69 Å². The minimum absolute atomic E-state index is 0.274. The molecule has 7 nitrogen and oxygen atoms in total. The fraction of sp³-hybridized carbons (Fsp3) is 0.286. The fourth-order valence-electron chi connectivity index (χ4n) is 2.53. The van der Waals surface area contributed by atoms with E-state index in [4.69, 9.17) is 11.2 Å². The molecular formula is C21H25N3O4S. The highest BCUT2D eigenvalue weighted by molar-refractivity contribution is 7.92. The van der Waals surface area contributed by atoms with Crippen molar-refractivity contribution < 1.29 is 17.9 Å². The number of benzene rings is 2. The predicted octanol–water partition coefficient (Wildman–Crippen LogP) is 1.98. The molecule has 0 aromatic heterocycles. The number of ether oxygens (including phenoxy) is 1. The SMILES string of the molecule is C#CCNCc1cccc(OCCCNC(=O)c2cccc(NS(C)(=O)=O)c2)c1. The lowest BCUT2D eigenvalue weighted by atomic mass is 10.2. The van der Waals surface area contributed by atoms with E-state index in [2.05, 4.69) is 21.3 Å². The smallest absolute Gasteiger partial charge is 0.251 e. The Balaban J connectivity index is 1.74. The van der Waals surface area contributed by atoms with Crippen LogP contribution < -0.4 is 20.1 Å². The highest BCUT2D eigenvalue weighted by atomic mass is 32.2. The van der Waals surface area contributed by atoms with Gasteiger partial charge in [-0.3, -0.25) is 9.52 Å². The Morgan fingerprint density at radius 1 is 1.17 bits per heavy atom. The van der Waals surface area contributed by atoms with E-state index in [-0.39, 0.29) is 5.91 Å². The Hall–Kier alpha value is -3.02. The molecule has 0 aliphatic heterocycles. The van der Waals surface area contributed by atoms with E-state index < -0.39 is 10.0 Å². The van der Waals surface area contributed by atoms with E-state index in [0.29, 0.717) is 43.9 Å². The Labute approximate surface area is 171 Å². The fourth-order valence-corrected chi connectivity index (χ4v) is 3.08. The maximum atomic E-state index is 12.2. The van der Waals surface area contributed by atoms with Crippen LogP contribution in [0.2, 0.25) is 0 Å². The first kappa shape index (κ1) is 22.3. The zero-order valence-corrected chi connectivity index (χ0v) is 17.1. The lowest BCUT2D eigenvalue weighted by molar-refractivity contribution is 0.0951. The Bertz CT molecular complexity index is 968. The van der Waals surface area contributed by atoms with Gasteiger partial charge in [-0.1, -0.05) is 24.1 Å². The second-order valence-electron chi connectivity index (χ2n) is 6.37. The van der Waals surface area contributed by atoms with Crippen molar-refractivity contribution >= 4 is 21.6 Å². The third kappa shape index (κ3) is 8.68. The summed E-state index contributed by atoms with van der Waals surface area (Å²) in [5, 5.41) is 5.92. The predicted molar refractivity (Wildman–Crippen MR) is 114 cm³/mol. The minimum Gasteiger partial charge on any atom is -0.494 e. The summed E-state index contributed by atoms with van der Waals surface area (Å²) in [7, 11) is -3.39. The number of hydrogen-bond donors (Lipinski definition) is 3. The number of anilines is 1. The van der Waals surface area contributed by atoms with Crippen LogP contribution in [0.3, 0.4) is 0 Å². The van der Waals surface area contributed by atoms with E-state index in [9.17, 15) is 13.2 Å². The van der Waals surface area contributed by atoms with Crippen LogP contribution in [0.15, 0.2) is 48.5 Å². The summed E-state index contributed by atoms with van der Waals surface area (Å²) in [6, 6.07) is 14.1. The van der Waals surface area contributed by atoms with Gasteiger partial charge in [0.25, 0.3) is 5.91 Å². The van der Waals surface area contributed by atoms with Crippen molar-refractivity contribution in [2.45, 2.75) is 13.0 Å². The number of amides is 1. The Kier molecular flexibility index (Phi) is 8.52. The normalized spacial score (nSPS) is 10.8. The molecule has 3 N–H and O–H groups in total. The summed E-state index contributed by atoms with van der Waals surface area (Å²) in [6.07, 6.45) is 6.90. The first-order valence-corrected chi connectivity index (χ1v) is 11.0. The van der Waals surface area contributed by atoms with Gasteiger partial charge >= 0.3 is 0 Å². The number of rotatable bonds is 11. The molecule has 2 rings (SSSR count). The van der Waals surface area contributed by atoms with Crippen molar-refractivity contribution in [3.63, 3.8) is 0 Å². The lowest BCUT2D eigenvalue weighted by Crippen LogP contribution is -2.25. The molecule has 0 bridgehead atoms. The number of hydrogen-bond acceptors (Lipinski definition) is 5. The summed E-state index contributed by atoms with van der Waals surface area (Å²) >= 11 is 0. The van der Waals surface area contributed by atoms with E-state index in [1.54, 1.807) is 18.2 Å². The summed E-state index contributed by atoms with van der Waals surface area (Å²) in [5.41, 5.74) is 1.81. The molecule has 0 atom stereocenters. The first-order valence-electron chi connectivity index (χ1n) is 9.09. The number of carbonyl (C=O) groups is 1. The van der Waals surface area contributed by atoms with Gasteiger partial charge in [0.2, 0.25) is 10.0 Å². The lowest BCUT2D eigenvalue weighted by Gasteiger charge is -2.10. The van der Waals surface area contributed by atoms with Crippen LogP contribution in [-0.4, -0.2) is 40.3 Å². The van der Waals surface area contributed by atoms with Crippen molar-refractivity contribution in [1.82, 2.24) is 10.6 Å². The highest BCUT2D eigenvalue weighted by Crippen LogP contribution is 2.14. The standard InChI is InChI=1S/C21H25N3O4S/c1-3-11-22-16-17-7-4-10-20(14-17)28-13-6-12-23-21(25)18-8-5-9-19(15-18)24-29(2,26)27/h1,4-5,7-10,14-15,22,24H,6,11-13,16H2,2H3,(H,23,25). The summed E-state index contributed by atoms with van der Waals surface area (Å²) < 4.78 is 30.7. The van der Waals surface area contributed by atoms with Crippen LogP contribution in [0.25, 0.3) is 0 Å². The average molecular weight is 416 g/mol. The molecule has 0 aliphatic carbocycles.